The number of primary amides is 1. The van der Waals surface area contributed by atoms with Crippen molar-refractivity contribution in [2.24, 2.45) is 11.1 Å². The van der Waals surface area contributed by atoms with Crippen LogP contribution in [0.25, 0.3) is 0 Å². The molecule has 100 valence electrons. The monoisotopic (exact) mass is 253 g/mol. The molecule has 1 aromatic rings. The highest BCUT2D eigenvalue weighted by molar-refractivity contribution is 6.00. The van der Waals surface area contributed by atoms with E-state index >= 15 is 0 Å². The number of carbonyl (C=O) groups is 2. The summed E-state index contributed by atoms with van der Waals surface area (Å²) in [6.45, 7) is 5.86. The van der Waals surface area contributed by atoms with Gasteiger partial charge in [-0.05, 0) is 26.3 Å². The lowest BCUT2D eigenvalue weighted by Gasteiger charge is -2.20. The summed E-state index contributed by atoms with van der Waals surface area (Å²) in [5, 5.41) is 13.5. The second-order valence-corrected chi connectivity index (χ2v) is 4.47. The first-order chi connectivity index (χ1) is 8.35. The van der Waals surface area contributed by atoms with Crippen LogP contribution >= 0.6 is 0 Å². The largest absolute Gasteiger partial charge is 0.480 e. The standard InChI is InChI=1S/C12H19N3O3/c1-4-8-6-9(15(5-2)14-8)7-12(3,10(13)16)11(17)18/h6H,4-5,7H2,1-3H3,(H2,13,16)(H,17,18). The molecule has 0 aliphatic carbocycles. The number of nitrogens with zero attached hydrogens (tertiary/aromatic N) is 2. The molecule has 0 aromatic carbocycles. The molecule has 0 spiro atoms. The Kier molecular flexibility index (Phi) is 4.11. The molecule has 0 radical (unpaired) electrons. The van der Waals surface area contributed by atoms with Gasteiger partial charge in [-0.3, -0.25) is 14.3 Å². The van der Waals surface area contributed by atoms with Crippen molar-refractivity contribution < 1.29 is 14.7 Å². The average Bonchev–Trinajstić information content (AvgIpc) is 2.70. The number of carbonyl (C=O) groups excluding carboxylic acids is 1. The maximum atomic E-state index is 11.4. The Balaban J connectivity index is 3.12. The molecular weight excluding hydrogens is 234 g/mol. The lowest BCUT2D eigenvalue weighted by molar-refractivity contribution is -0.153. The molecule has 0 aliphatic rings. The van der Waals surface area contributed by atoms with Gasteiger partial charge in [0.1, 0.15) is 5.41 Å². The number of rotatable bonds is 6. The minimum atomic E-state index is -1.60. The Labute approximate surface area is 106 Å². The molecule has 0 aliphatic heterocycles. The summed E-state index contributed by atoms with van der Waals surface area (Å²) >= 11 is 0. The first kappa shape index (κ1) is 14.2. The second kappa shape index (κ2) is 5.20. The Bertz CT molecular complexity index is 451. The number of carboxylic acid groups (broad SMARTS) is 1. The van der Waals surface area contributed by atoms with Crippen molar-refractivity contribution in [3.8, 4) is 0 Å². The van der Waals surface area contributed by atoms with E-state index in [1.807, 2.05) is 19.9 Å². The van der Waals surface area contributed by atoms with Gasteiger partial charge in [-0.25, -0.2) is 0 Å². The van der Waals surface area contributed by atoms with Crippen LogP contribution in [0.3, 0.4) is 0 Å². The molecule has 1 unspecified atom stereocenters. The summed E-state index contributed by atoms with van der Waals surface area (Å²) in [5.74, 6) is -2.05. The zero-order chi connectivity index (χ0) is 13.9. The van der Waals surface area contributed by atoms with Gasteiger partial charge in [0.25, 0.3) is 0 Å². The first-order valence-electron chi connectivity index (χ1n) is 5.94. The van der Waals surface area contributed by atoms with Crippen LogP contribution in [0.4, 0.5) is 0 Å². The Morgan fingerprint density at radius 1 is 1.50 bits per heavy atom. The van der Waals surface area contributed by atoms with Gasteiger partial charge in [-0.15, -0.1) is 0 Å². The lowest BCUT2D eigenvalue weighted by atomic mass is 9.84. The zero-order valence-electron chi connectivity index (χ0n) is 10.9. The van der Waals surface area contributed by atoms with E-state index in [9.17, 15) is 9.59 Å². The molecule has 1 amide bonds. The van der Waals surface area contributed by atoms with Crippen molar-refractivity contribution in [3.05, 3.63) is 17.5 Å². The summed E-state index contributed by atoms with van der Waals surface area (Å²) in [5.41, 5.74) is 5.20. The third kappa shape index (κ3) is 2.52. The summed E-state index contributed by atoms with van der Waals surface area (Å²) in [4.78, 5) is 22.6. The number of nitrogens with two attached hydrogens (primary N) is 1. The number of carboxylic acids is 1. The van der Waals surface area contributed by atoms with E-state index < -0.39 is 17.3 Å². The number of hydrogen-bond donors (Lipinski definition) is 2. The third-order valence-electron chi connectivity index (χ3n) is 3.13. The molecule has 1 rings (SSSR count). The predicted molar refractivity (Wildman–Crippen MR) is 65.9 cm³/mol. The summed E-state index contributed by atoms with van der Waals surface area (Å²) in [6.07, 6.45) is 0.818. The molecule has 3 N–H and O–H groups in total. The van der Waals surface area contributed by atoms with Crippen molar-refractivity contribution in [1.82, 2.24) is 9.78 Å². The van der Waals surface area contributed by atoms with Crippen LogP contribution < -0.4 is 5.73 Å². The van der Waals surface area contributed by atoms with E-state index in [4.69, 9.17) is 10.8 Å². The van der Waals surface area contributed by atoms with Gasteiger partial charge in [0.05, 0.1) is 5.69 Å². The van der Waals surface area contributed by atoms with Crippen LogP contribution in [0.15, 0.2) is 6.07 Å². The predicted octanol–water partition coefficient (Wildman–Crippen LogP) is 0.584. The molecule has 0 saturated carbocycles. The SMILES string of the molecule is CCc1cc(CC(C)(C(N)=O)C(=O)O)n(CC)n1. The maximum Gasteiger partial charge on any atom is 0.319 e. The van der Waals surface area contributed by atoms with Gasteiger partial charge in [0.2, 0.25) is 5.91 Å². The fraction of sp³-hybridized carbons (Fsp3) is 0.583. The molecule has 0 saturated heterocycles. The van der Waals surface area contributed by atoms with Crippen LogP contribution in [-0.2, 0) is 29.0 Å². The van der Waals surface area contributed by atoms with Crippen molar-refractivity contribution >= 4 is 11.9 Å². The minimum Gasteiger partial charge on any atom is -0.480 e. The second-order valence-electron chi connectivity index (χ2n) is 4.47. The molecule has 6 nitrogen and oxygen atoms in total. The quantitative estimate of drug-likeness (QED) is 0.725. The third-order valence-corrected chi connectivity index (χ3v) is 3.13. The Hall–Kier alpha value is -1.85. The molecule has 6 heteroatoms. The molecule has 18 heavy (non-hydrogen) atoms. The van der Waals surface area contributed by atoms with Crippen LogP contribution in [-0.4, -0.2) is 26.8 Å². The molecular formula is C12H19N3O3. The summed E-state index contributed by atoms with van der Waals surface area (Å²) < 4.78 is 1.71. The zero-order valence-corrected chi connectivity index (χ0v) is 10.9. The van der Waals surface area contributed by atoms with Gasteiger partial charge >= 0.3 is 5.97 Å². The minimum absolute atomic E-state index is 0.0541. The van der Waals surface area contributed by atoms with E-state index in [2.05, 4.69) is 5.10 Å². The fourth-order valence-electron chi connectivity index (χ4n) is 1.73. The number of aliphatic carboxylic acids is 1. The Morgan fingerprint density at radius 3 is 2.50 bits per heavy atom. The number of aryl methyl sites for hydroxylation is 2. The van der Waals surface area contributed by atoms with Gasteiger partial charge < -0.3 is 10.8 Å². The van der Waals surface area contributed by atoms with E-state index in [-0.39, 0.29) is 6.42 Å². The normalized spacial score (nSPS) is 14.2. The van der Waals surface area contributed by atoms with E-state index in [0.29, 0.717) is 6.54 Å². The number of aromatic nitrogens is 2. The summed E-state index contributed by atoms with van der Waals surface area (Å²) in [6, 6.07) is 1.83. The molecule has 1 aromatic heterocycles. The number of hydrogen-bond acceptors (Lipinski definition) is 3. The lowest BCUT2D eigenvalue weighted by Crippen LogP contribution is -2.43. The van der Waals surface area contributed by atoms with Crippen LogP contribution in [0.2, 0.25) is 0 Å². The van der Waals surface area contributed by atoms with E-state index in [1.165, 1.54) is 6.92 Å². The average molecular weight is 253 g/mol. The van der Waals surface area contributed by atoms with E-state index in [1.54, 1.807) is 4.68 Å². The van der Waals surface area contributed by atoms with Crippen molar-refractivity contribution in [2.45, 2.75) is 40.2 Å². The smallest absolute Gasteiger partial charge is 0.319 e. The highest BCUT2D eigenvalue weighted by Gasteiger charge is 2.40. The fourth-order valence-corrected chi connectivity index (χ4v) is 1.73. The van der Waals surface area contributed by atoms with E-state index in [0.717, 1.165) is 17.8 Å². The highest BCUT2D eigenvalue weighted by atomic mass is 16.4. The van der Waals surface area contributed by atoms with Crippen molar-refractivity contribution in [2.75, 3.05) is 0 Å². The van der Waals surface area contributed by atoms with Crippen molar-refractivity contribution in [3.63, 3.8) is 0 Å². The van der Waals surface area contributed by atoms with Crippen molar-refractivity contribution in [1.29, 1.82) is 0 Å². The number of amides is 1. The molecule has 1 atom stereocenters. The summed E-state index contributed by atoms with van der Waals surface area (Å²) in [7, 11) is 0. The Morgan fingerprint density at radius 2 is 2.11 bits per heavy atom. The molecule has 0 bridgehead atoms. The topological polar surface area (TPSA) is 98.2 Å². The first-order valence-corrected chi connectivity index (χ1v) is 5.94. The van der Waals surface area contributed by atoms with Crippen LogP contribution in [0.5, 0.6) is 0 Å². The van der Waals surface area contributed by atoms with Crippen LogP contribution in [0.1, 0.15) is 32.2 Å². The van der Waals surface area contributed by atoms with Gasteiger partial charge in [0, 0.05) is 18.7 Å². The van der Waals surface area contributed by atoms with Crippen LogP contribution in [0, 0.1) is 5.41 Å². The maximum absolute atomic E-state index is 11.4. The molecule has 1 heterocycles. The highest BCUT2D eigenvalue weighted by Crippen LogP contribution is 2.23. The van der Waals surface area contributed by atoms with Gasteiger partial charge in [0.15, 0.2) is 0 Å². The van der Waals surface area contributed by atoms with Gasteiger partial charge in [-0.2, -0.15) is 5.10 Å². The van der Waals surface area contributed by atoms with Gasteiger partial charge in [-0.1, -0.05) is 6.92 Å². The molecule has 0 fully saturated rings.